The van der Waals surface area contributed by atoms with Gasteiger partial charge in [-0.3, -0.25) is 4.90 Å². The molecule has 1 aliphatic rings. The third-order valence-electron chi connectivity index (χ3n) is 2.10. The highest BCUT2D eigenvalue weighted by molar-refractivity contribution is 5.68. The molecular weight excluding hydrogens is 201 g/mol. The minimum Gasteiger partial charge on any atom is -0.444 e. The Bertz CT molecular complexity index is 239. The standard InChI is InChI=1S/C10H18FNO3/c1-10(2,3)15-9(13)12-6-7(11)5-8(12)14-4/h7-8H,5-6H2,1-4H3. The number of hydrogen-bond donors (Lipinski definition) is 0. The highest BCUT2D eigenvalue weighted by Crippen LogP contribution is 2.23. The molecule has 1 rings (SSSR count). The number of nitrogens with zero attached hydrogens (tertiary/aromatic N) is 1. The van der Waals surface area contributed by atoms with E-state index in [9.17, 15) is 9.18 Å². The molecule has 0 aromatic carbocycles. The van der Waals surface area contributed by atoms with E-state index in [1.54, 1.807) is 20.8 Å². The largest absolute Gasteiger partial charge is 0.444 e. The zero-order valence-electron chi connectivity index (χ0n) is 9.62. The Labute approximate surface area is 89.3 Å². The molecule has 4 nitrogen and oxygen atoms in total. The van der Waals surface area contributed by atoms with Crippen LogP contribution in [0.3, 0.4) is 0 Å². The van der Waals surface area contributed by atoms with Gasteiger partial charge in [0.1, 0.15) is 18.0 Å². The van der Waals surface area contributed by atoms with Gasteiger partial charge in [-0.15, -0.1) is 0 Å². The summed E-state index contributed by atoms with van der Waals surface area (Å²) in [7, 11) is 1.46. The monoisotopic (exact) mass is 219 g/mol. The molecule has 5 heteroatoms. The maximum atomic E-state index is 13.1. The number of hydrogen-bond acceptors (Lipinski definition) is 3. The summed E-state index contributed by atoms with van der Waals surface area (Å²) >= 11 is 0. The van der Waals surface area contributed by atoms with Crippen LogP contribution in [0.15, 0.2) is 0 Å². The molecule has 0 N–H and O–H groups in total. The quantitative estimate of drug-likeness (QED) is 0.676. The maximum absolute atomic E-state index is 13.1. The second-order valence-corrected chi connectivity index (χ2v) is 4.66. The molecule has 1 amide bonds. The lowest BCUT2D eigenvalue weighted by atomic mass is 10.2. The first-order valence-corrected chi connectivity index (χ1v) is 5.00. The summed E-state index contributed by atoms with van der Waals surface area (Å²) in [4.78, 5) is 12.9. The van der Waals surface area contributed by atoms with E-state index >= 15 is 0 Å². The molecule has 0 radical (unpaired) electrons. The van der Waals surface area contributed by atoms with Crippen molar-refractivity contribution in [3.05, 3.63) is 0 Å². The van der Waals surface area contributed by atoms with Crippen molar-refractivity contribution in [2.75, 3.05) is 13.7 Å². The van der Waals surface area contributed by atoms with Crippen molar-refractivity contribution >= 4 is 6.09 Å². The number of carbonyl (C=O) groups excluding carboxylic acids is 1. The molecule has 0 aromatic heterocycles. The Hall–Kier alpha value is -0.840. The van der Waals surface area contributed by atoms with Gasteiger partial charge in [0.15, 0.2) is 0 Å². The number of methoxy groups -OCH3 is 1. The lowest BCUT2D eigenvalue weighted by Crippen LogP contribution is -2.40. The zero-order chi connectivity index (χ0) is 11.6. The molecule has 0 spiro atoms. The fraction of sp³-hybridized carbons (Fsp3) is 0.900. The van der Waals surface area contributed by atoms with Crippen molar-refractivity contribution < 1.29 is 18.7 Å². The molecule has 0 aliphatic carbocycles. The Morgan fingerprint density at radius 1 is 1.47 bits per heavy atom. The third-order valence-corrected chi connectivity index (χ3v) is 2.10. The first kappa shape index (κ1) is 12.2. The number of carbonyl (C=O) groups is 1. The number of likely N-dealkylation sites (tertiary alicyclic amines) is 1. The number of alkyl halides is 1. The zero-order valence-corrected chi connectivity index (χ0v) is 9.62. The molecule has 1 saturated heterocycles. The van der Waals surface area contributed by atoms with Gasteiger partial charge in [-0.1, -0.05) is 0 Å². The Balaban J connectivity index is 2.59. The van der Waals surface area contributed by atoms with E-state index in [1.807, 2.05) is 0 Å². The summed E-state index contributed by atoms with van der Waals surface area (Å²) in [5.74, 6) is 0. The molecule has 0 saturated carbocycles. The molecule has 0 aromatic rings. The molecule has 1 aliphatic heterocycles. The minimum atomic E-state index is -1.03. The molecule has 88 valence electrons. The van der Waals surface area contributed by atoms with E-state index < -0.39 is 24.1 Å². The highest BCUT2D eigenvalue weighted by Gasteiger charge is 2.37. The first-order valence-electron chi connectivity index (χ1n) is 5.00. The van der Waals surface area contributed by atoms with Crippen LogP contribution in [0.1, 0.15) is 27.2 Å². The highest BCUT2D eigenvalue weighted by atomic mass is 19.1. The van der Waals surface area contributed by atoms with E-state index in [4.69, 9.17) is 9.47 Å². The first-order chi connectivity index (χ1) is 6.83. The van der Waals surface area contributed by atoms with Crippen molar-refractivity contribution in [3.8, 4) is 0 Å². The van der Waals surface area contributed by atoms with Crippen LogP contribution in [0, 0.1) is 0 Å². The van der Waals surface area contributed by atoms with E-state index in [0.29, 0.717) is 0 Å². The van der Waals surface area contributed by atoms with Crippen molar-refractivity contribution in [2.45, 2.75) is 45.2 Å². The van der Waals surface area contributed by atoms with Crippen molar-refractivity contribution in [1.82, 2.24) is 4.90 Å². The predicted octanol–water partition coefficient (Wildman–Crippen LogP) is 1.94. The van der Waals surface area contributed by atoms with Gasteiger partial charge in [-0.2, -0.15) is 0 Å². The predicted molar refractivity (Wildman–Crippen MR) is 53.3 cm³/mol. The van der Waals surface area contributed by atoms with Crippen LogP contribution in [0.5, 0.6) is 0 Å². The van der Waals surface area contributed by atoms with Gasteiger partial charge in [0.25, 0.3) is 0 Å². The smallest absolute Gasteiger partial charge is 0.412 e. The minimum absolute atomic E-state index is 0.0490. The van der Waals surface area contributed by atoms with Crippen LogP contribution in [-0.2, 0) is 9.47 Å². The average molecular weight is 219 g/mol. The van der Waals surface area contributed by atoms with Gasteiger partial charge in [-0.05, 0) is 20.8 Å². The molecule has 1 fully saturated rings. The van der Waals surface area contributed by atoms with E-state index in [2.05, 4.69) is 0 Å². The SMILES string of the molecule is COC1CC(F)CN1C(=O)OC(C)(C)C. The second kappa shape index (κ2) is 4.35. The molecular formula is C10H18FNO3. The normalized spacial score (nSPS) is 26.9. The number of amides is 1. The summed E-state index contributed by atoms with van der Waals surface area (Å²) < 4.78 is 23.2. The van der Waals surface area contributed by atoms with Gasteiger partial charge in [0, 0.05) is 13.5 Å². The van der Waals surface area contributed by atoms with Crippen LogP contribution in [0.25, 0.3) is 0 Å². The number of halogens is 1. The molecule has 2 atom stereocenters. The van der Waals surface area contributed by atoms with Crippen LogP contribution in [-0.4, -0.2) is 42.6 Å². The van der Waals surface area contributed by atoms with Crippen LogP contribution in [0.2, 0.25) is 0 Å². The van der Waals surface area contributed by atoms with Crippen LogP contribution in [0.4, 0.5) is 9.18 Å². The Kier molecular flexibility index (Phi) is 3.54. The molecule has 15 heavy (non-hydrogen) atoms. The van der Waals surface area contributed by atoms with E-state index in [0.717, 1.165) is 0 Å². The molecule has 1 heterocycles. The third kappa shape index (κ3) is 3.34. The lowest BCUT2D eigenvalue weighted by Gasteiger charge is -2.27. The molecule has 0 bridgehead atoms. The number of ether oxygens (including phenoxy) is 2. The summed E-state index contributed by atoms with van der Waals surface area (Å²) in [6.07, 6.45) is -1.83. The van der Waals surface area contributed by atoms with Gasteiger partial charge in [0.2, 0.25) is 0 Å². The lowest BCUT2D eigenvalue weighted by molar-refractivity contribution is -0.0305. The van der Waals surface area contributed by atoms with Crippen molar-refractivity contribution in [1.29, 1.82) is 0 Å². The average Bonchev–Trinajstić information content (AvgIpc) is 2.43. The van der Waals surface area contributed by atoms with Crippen LogP contribution < -0.4 is 0 Å². The van der Waals surface area contributed by atoms with Gasteiger partial charge in [0.05, 0.1) is 6.54 Å². The topological polar surface area (TPSA) is 38.8 Å². The summed E-state index contributed by atoms with van der Waals surface area (Å²) in [6, 6.07) is 0. The van der Waals surface area contributed by atoms with Crippen molar-refractivity contribution in [3.63, 3.8) is 0 Å². The Morgan fingerprint density at radius 3 is 2.53 bits per heavy atom. The summed E-state index contributed by atoms with van der Waals surface area (Å²) in [6.45, 7) is 5.37. The van der Waals surface area contributed by atoms with E-state index in [1.165, 1.54) is 12.0 Å². The summed E-state index contributed by atoms with van der Waals surface area (Å²) in [5, 5.41) is 0. The van der Waals surface area contributed by atoms with Crippen molar-refractivity contribution in [2.24, 2.45) is 0 Å². The molecule has 2 unspecified atom stereocenters. The second-order valence-electron chi connectivity index (χ2n) is 4.66. The van der Waals surface area contributed by atoms with Gasteiger partial charge >= 0.3 is 6.09 Å². The Morgan fingerprint density at radius 2 is 2.07 bits per heavy atom. The van der Waals surface area contributed by atoms with Crippen LogP contribution >= 0.6 is 0 Å². The fourth-order valence-corrected chi connectivity index (χ4v) is 1.49. The summed E-state index contributed by atoms with van der Waals surface area (Å²) in [5.41, 5.74) is -0.566. The van der Waals surface area contributed by atoms with Gasteiger partial charge < -0.3 is 9.47 Å². The van der Waals surface area contributed by atoms with Gasteiger partial charge in [-0.25, -0.2) is 9.18 Å². The fourth-order valence-electron chi connectivity index (χ4n) is 1.49. The maximum Gasteiger partial charge on any atom is 0.412 e. The number of rotatable bonds is 1. The van der Waals surface area contributed by atoms with E-state index in [-0.39, 0.29) is 13.0 Å².